The maximum absolute atomic E-state index is 4.44. The Hall–Kier alpha value is -2.69. The Morgan fingerprint density at radius 3 is 2.48 bits per heavy atom. The predicted octanol–water partition coefficient (Wildman–Crippen LogP) is 2.36. The highest BCUT2D eigenvalue weighted by Gasteiger charge is 2.09. The fourth-order valence-corrected chi connectivity index (χ4v) is 2.19. The van der Waals surface area contributed by atoms with Gasteiger partial charge in [-0.15, -0.1) is 0 Å². The highest BCUT2D eigenvalue weighted by molar-refractivity contribution is 5.27. The van der Waals surface area contributed by atoms with Gasteiger partial charge in [-0.25, -0.2) is 15.0 Å². The molecule has 5 heteroatoms. The van der Waals surface area contributed by atoms with E-state index in [1.54, 1.807) is 12.4 Å². The van der Waals surface area contributed by atoms with E-state index in [0.29, 0.717) is 12.5 Å². The Morgan fingerprint density at radius 1 is 0.952 bits per heavy atom. The molecule has 0 aliphatic heterocycles. The third kappa shape index (κ3) is 3.25. The molecule has 0 unspecified atom stereocenters. The van der Waals surface area contributed by atoms with Crippen molar-refractivity contribution in [1.29, 1.82) is 0 Å². The zero-order valence-corrected chi connectivity index (χ0v) is 11.9. The highest BCUT2D eigenvalue weighted by Crippen LogP contribution is 2.10. The summed E-state index contributed by atoms with van der Waals surface area (Å²) in [6.45, 7) is 1.49. The number of imidazole rings is 1. The summed E-state index contributed by atoms with van der Waals surface area (Å²) in [5.41, 5.74) is 1.26. The van der Waals surface area contributed by atoms with Gasteiger partial charge in [0.1, 0.15) is 5.82 Å². The second-order valence-electron chi connectivity index (χ2n) is 4.86. The van der Waals surface area contributed by atoms with Crippen LogP contribution in [0.2, 0.25) is 0 Å². The molecule has 0 radical (unpaired) electrons. The zero-order valence-electron chi connectivity index (χ0n) is 11.9. The zero-order chi connectivity index (χ0) is 14.5. The van der Waals surface area contributed by atoms with Crippen LogP contribution < -0.4 is 4.90 Å². The summed E-state index contributed by atoms with van der Waals surface area (Å²) in [5.74, 6) is 1.69. The molecule has 1 aromatic carbocycles. The van der Waals surface area contributed by atoms with E-state index in [1.165, 1.54) is 5.56 Å². The molecule has 0 atom stereocenters. The van der Waals surface area contributed by atoms with E-state index in [4.69, 9.17) is 0 Å². The smallest absolute Gasteiger partial charge is 0.225 e. The van der Waals surface area contributed by atoms with Crippen LogP contribution >= 0.6 is 0 Å². The predicted molar refractivity (Wildman–Crippen MR) is 81.9 cm³/mol. The van der Waals surface area contributed by atoms with E-state index in [-0.39, 0.29) is 0 Å². The van der Waals surface area contributed by atoms with Crippen LogP contribution in [0, 0.1) is 0 Å². The molecular weight excluding hydrogens is 262 g/mol. The van der Waals surface area contributed by atoms with Crippen LogP contribution in [0.25, 0.3) is 0 Å². The molecule has 0 spiro atoms. The highest BCUT2D eigenvalue weighted by atomic mass is 15.2. The summed E-state index contributed by atoms with van der Waals surface area (Å²) in [6, 6.07) is 12.2. The van der Waals surface area contributed by atoms with Gasteiger partial charge in [0.15, 0.2) is 0 Å². The SMILES string of the molecule is CN(Cc1nccn1Cc1ccccc1)c1ncccn1. The van der Waals surface area contributed by atoms with Crippen molar-refractivity contribution in [3.8, 4) is 0 Å². The maximum Gasteiger partial charge on any atom is 0.225 e. The molecule has 2 aromatic heterocycles. The molecule has 2 heterocycles. The minimum atomic E-state index is 0.670. The summed E-state index contributed by atoms with van der Waals surface area (Å²) >= 11 is 0. The quantitative estimate of drug-likeness (QED) is 0.719. The first-order valence-corrected chi connectivity index (χ1v) is 6.85. The molecule has 0 bridgehead atoms. The first kappa shape index (κ1) is 13.3. The van der Waals surface area contributed by atoms with Crippen LogP contribution in [0.1, 0.15) is 11.4 Å². The van der Waals surface area contributed by atoms with Crippen LogP contribution in [-0.4, -0.2) is 26.6 Å². The molecule has 0 aliphatic carbocycles. The van der Waals surface area contributed by atoms with E-state index < -0.39 is 0 Å². The van der Waals surface area contributed by atoms with E-state index >= 15 is 0 Å². The van der Waals surface area contributed by atoms with Crippen molar-refractivity contribution < 1.29 is 0 Å². The molecule has 0 saturated carbocycles. The molecule has 0 saturated heterocycles. The monoisotopic (exact) mass is 279 g/mol. The summed E-state index contributed by atoms with van der Waals surface area (Å²) < 4.78 is 2.15. The fourth-order valence-electron chi connectivity index (χ4n) is 2.19. The van der Waals surface area contributed by atoms with Crippen LogP contribution in [0.15, 0.2) is 61.2 Å². The molecule has 0 fully saturated rings. The summed E-state index contributed by atoms with van der Waals surface area (Å²) in [6.07, 6.45) is 7.32. The number of nitrogens with zero attached hydrogens (tertiary/aromatic N) is 5. The van der Waals surface area contributed by atoms with Gasteiger partial charge in [-0.3, -0.25) is 0 Å². The van der Waals surface area contributed by atoms with Gasteiger partial charge >= 0.3 is 0 Å². The summed E-state index contributed by atoms with van der Waals surface area (Å²) in [7, 11) is 1.97. The van der Waals surface area contributed by atoms with E-state index in [2.05, 4.69) is 43.8 Å². The number of benzene rings is 1. The molecule has 5 nitrogen and oxygen atoms in total. The van der Waals surface area contributed by atoms with E-state index in [9.17, 15) is 0 Å². The van der Waals surface area contributed by atoms with Crippen LogP contribution in [0.4, 0.5) is 5.95 Å². The number of hydrogen-bond donors (Lipinski definition) is 0. The lowest BCUT2D eigenvalue weighted by Crippen LogP contribution is -2.21. The van der Waals surface area contributed by atoms with Gasteiger partial charge in [0.25, 0.3) is 0 Å². The molecule has 3 aromatic rings. The molecular formula is C16H17N5. The molecule has 0 amide bonds. The van der Waals surface area contributed by atoms with Crippen molar-refractivity contribution in [2.24, 2.45) is 0 Å². The second kappa shape index (κ2) is 6.17. The molecule has 0 N–H and O–H groups in total. The fraction of sp³-hybridized carbons (Fsp3) is 0.188. The normalized spacial score (nSPS) is 10.5. The Bertz CT molecular complexity index is 678. The Labute approximate surface area is 123 Å². The van der Waals surface area contributed by atoms with Gasteiger partial charge in [-0.2, -0.15) is 0 Å². The van der Waals surface area contributed by atoms with Crippen LogP contribution in [-0.2, 0) is 13.1 Å². The van der Waals surface area contributed by atoms with Gasteiger partial charge in [0.2, 0.25) is 5.95 Å². The lowest BCUT2D eigenvalue weighted by molar-refractivity contribution is 0.699. The van der Waals surface area contributed by atoms with Crippen LogP contribution in [0.3, 0.4) is 0 Å². The van der Waals surface area contributed by atoms with Gasteiger partial charge < -0.3 is 9.47 Å². The van der Waals surface area contributed by atoms with Crippen LogP contribution in [0.5, 0.6) is 0 Å². The topological polar surface area (TPSA) is 46.8 Å². The van der Waals surface area contributed by atoms with E-state index in [1.807, 2.05) is 36.5 Å². The first-order valence-electron chi connectivity index (χ1n) is 6.85. The average molecular weight is 279 g/mol. The molecule has 0 aliphatic rings. The van der Waals surface area contributed by atoms with E-state index in [0.717, 1.165) is 12.4 Å². The van der Waals surface area contributed by atoms with Crippen molar-refractivity contribution in [2.75, 3.05) is 11.9 Å². The second-order valence-corrected chi connectivity index (χ2v) is 4.86. The minimum Gasteiger partial charge on any atom is -0.336 e. The number of rotatable bonds is 5. The van der Waals surface area contributed by atoms with Crippen molar-refractivity contribution in [2.45, 2.75) is 13.1 Å². The number of anilines is 1. The van der Waals surface area contributed by atoms with Gasteiger partial charge in [0, 0.05) is 38.4 Å². The van der Waals surface area contributed by atoms with Gasteiger partial charge in [0.05, 0.1) is 6.54 Å². The van der Waals surface area contributed by atoms with Gasteiger partial charge in [-0.05, 0) is 11.6 Å². The van der Waals surface area contributed by atoms with Gasteiger partial charge in [-0.1, -0.05) is 30.3 Å². The molecule has 106 valence electrons. The lowest BCUT2D eigenvalue weighted by Gasteiger charge is -2.17. The summed E-state index contributed by atoms with van der Waals surface area (Å²) in [4.78, 5) is 14.9. The minimum absolute atomic E-state index is 0.670. The van der Waals surface area contributed by atoms with Crippen molar-refractivity contribution >= 4 is 5.95 Å². The maximum atomic E-state index is 4.44. The molecule has 3 rings (SSSR count). The lowest BCUT2D eigenvalue weighted by atomic mass is 10.2. The van der Waals surface area contributed by atoms with Crippen molar-refractivity contribution in [3.63, 3.8) is 0 Å². The Balaban J connectivity index is 1.74. The number of hydrogen-bond acceptors (Lipinski definition) is 4. The van der Waals surface area contributed by atoms with Crippen molar-refractivity contribution in [1.82, 2.24) is 19.5 Å². The molecule has 21 heavy (non-hydrogen) atoms. The first-order chi connectivity index (χ1) is 10.3. The third-order valence-corrected chi connectivity index (χ3v) is 3.27. The van der Waals surface area contributed by atoms with Crippen molar-refractivity contribution in [3.05, 3.63) is 72.6 Å². The Morgan fingerprint density at radius 2 is 1.71 bits per heavy atom. The summed E-state index contributed by atoms with van der Waals surface area (Å²) in [5, 5.41) is 0. The number of aromatic nitrogens is 4. The standard InChI is InChI=1S/C16H17N5/c1-20(16-18-8-5-9-19-16)13-15-17-10-11-21(15)12-14-6-3-2-4-7-14/h2-11H,12-13H2,1H3. The average Bonchev–Trinajstić information content (AvgIpc) is 2.96. The Kier molecular flexibility index (Phi) is 3.91. The third-order valence-electron chi connectivity index (χ3n) is 3.27. The largest absolute Gasteiger partial charge is 0.336 e.